The molecule has 0 spiro atoms. The van der Waals surface area contributed by atoms with Gasteiger partial charge in [-0.1, -0.05) is 6.07 Å². The number of hydrogen-bond acceptors (Lipinski definition) is 4. The van der Waals surface area contributed by atoms with E-state index in [0.717, 1.165) is 24.5 Å². The van der Waals surface area contributed by atoms with E-state index in [1.807, 2.05) is 24.9 Å². The van der Waals surface area contributed by atoms with Crippen molar-refractivity contribution in [3.63, 3.8) is 0 Å². The molecule has 94 valence electrons. The van der Waals surface area contributed by atoms with Crippen molar-refractivity contribution in [3.05, 3.63) is 23.9 Å². The SMILES string of the molecule is C[C@H](N)c1ccc(N2CCSC(C)(C)C2)nc1. The van der Waals surface area contributed by atoms with Crippen LogP contribution in [0.4, 0.5) is 5.82 Å². The Morgan fingerprint density at radius 1 is 1.47 bits per heavy atom. The second-order valence-corrected chi connectivity index (χ2v) is 7.07. The summed E-state index contributed by atoms with van der Waals surface area (Å²) in [7, 11) is 0. The van der Waals surface area contributed by atoms with Crippen LogP contribution in [0.2, 0.25) is 0 Å². The summed E-state index contributed by atoms with van der Waals surface area (Å²) >= 11 is 2.04. The van der Waals surface area contributed by atoms with Crippen LogP contribution in [0.5, 0.6) is 0 Å². The molecule has 1 fully saturated rings. The standard InChI is InChI=1S/C13H21N3S/c1-10(14)11-4-5-12(15-8-11)16-6-7-17-13(2,3)9-16/h4-5,8,10H,6-7,9,14H2,1-3H3/t10-/m0/s1. The van der Waals surface area contributed by atoms with Gasteiger partial charge in [-0.05, 0) is 32.4 Å². The fraction of sp³-hybridized carbons (Fsp3) is 0.615. The molecule has 1 aliphatic heterocycles. The van der Waals surface area contributed by atoms with E-state index >= 15 is 0 Å². The zero-order chi connectivity index (χ0) is 12.5. The Morgan fingerprint density at radius 3 is 2.76 bits per heavy atom. The molecule has 1 saturated heterocycles. The van der Waals surface area contributed by atoms with Gasteiger partial charge in [0.25, 0.3) is 0 Å². The van der Waals surface area contributed by atoms with Gasteiger partial charge in [0.15, 0.2) is 0 Å². The highest BCUT2D eigenvalue weighted by Crippen LogP contribution is 2.31. The normalized spacial score (nSPS) is 21.3. The Morgan fingerprint density at radius 2 is 2.24 bits per heavy atom. The molecule has 0 aromatic carbocycles. The second kappa shape index (κ2) is 4.86. The molecule has 2 heterocycles. The molecule has 0 amide bonds. The zero-order valence-electron chi connectivity index (χ0n) is 10.8. The van der Waals surface area contributed by atoms with E-state index in [1.54, 1.807) is 0 Å². The predicted octanol–water partition coefficient (Wildman–Crippen LogP) is 2.43. The van der Waals surface area contributed by atoms with Crippen LogP contribution in [0, 0.1) is 0 Å². The number of nitrogens with two attached hydrogens (primary N) is 1. The molecule has 3 nitrogen and oxygen atoms in total. The van der Waals surface area contributed by atoms with Crippen molar-refractivity contribution in [2.24, 2.45) is 5.73 Å². The maximum Gasteiger partial charge on any atom is 0.128 e. The third-order valence-electron chi connectivity index (χ3n) is 3.05. The van der Waals surface area contributed by atoms with E-state index in [9.17, 15) is 0 Å². The lowest BCUT2D eigenvalue weighted by atomic mass is 10.1. The largest absolute Gasteiger partial charge is 0.354 e. The Labute approximate surface area is 108 Å². The third kappa shape index (κ3) is 3.13. The van der Waals surface area contributed by atoms with Gasteiger partial charge in [-0.2, -0.15) is 11.8 Å². The van der Waals surface area contributed by atoms with Gasteiger partial charge in [0.2, 0.25) is 0 Å². The summed E-state index contributed by atoms with van der Waals surface area (Å²) < 4.78 is 0.319. The van der Waals surface area contributed by atoms with E-state index in [4.69, 9.17) is 5.73 Å². The topological polar surface area (TPSA) is 42.1 Å². The van der Waals surface area contributed by atoms with Crippen molar-refractivity contribution >= 4 is 17.6 Å². The number of hydrogen-bond donors (Lipinski definition) is 1. The van der Waals surface area contributed by atoms with Gasteiger partial charge in [-0.25, -0.2) is 4.98 Å². The minimum absolute atomic E-state index is 0.0601. The Balaban J connectivity index is 2.12. The maximum atomic E-state index is 5.83. The van der Waals surface area contributed by atoms with E-state index in [0.29, 0.717) is 4.75 Å². The third-order valence-corrected chi connectivity index (χ3v) is 4.34. The van der Waals surface area contributed by atoms with Crippen LogP contribution >= 0.6 is 11.8 Å². The van der Waals surface area contributed by atoms with E-state index in [-0.39, 0.29) is 6.04 Å². The summed E-state index contributed by atoms with van der Waals surface area (Å²) in [6.07, 6.45) is 1.90. The number of thioether (sulfide) groups is 1. The van der Waals surface area contributed by atoms with Crippen molar-refractivity contribution in [1.29, 1.82) is 0 Å². The first-order valence-electron chi connectivity index (χ1n) is 6.08. The number of aromatic nitrogens is 1. The summed E-state index contributed by atoms with van der Waals surface area (Å²) in [6, 6.07) is 4.23. The molecule has 1 aromatic rings. The van der Waals surface area contributed by atoms with Crippen molar-refractivity contribution in [2.45, 2.75) is 31.6 Å². The van der Waals surface area contributed by atoms with Crippen LogP contribution in [-0.4, -0.2) is 28.6 Å². The van der Waals surface area contributed by atoms with Crippen LogP contribution in [0.15, 0.2) is 18.3 Å². The second-order valence-electron chi connectivity index (χ2n) is 5.27. The lowest BCUT2D eigenvalue weighted by Gasteiger charge is -2.38. The summed E-state index contributed by atoms with van der Waals surface area (Å²) in [5.74, 6) is 2.24. The molecule has 1 aromatic heterocycles. The summed E-state index contributed by atoms with van der Waals surface area (Å²) in [6.45, 7) is 8.71. The maximum absolute atomic E-state index is 5.83. The van der Waals surface area contributed by atoms with E-state index in [2.05, 4.69) is 35.9 Å². The number of rotatable bonds is 2. The van der Waals surface area contributed by atoms with Crippen LogP contribution in [0.3, 0.4) is 0 Å². The summed E-state index contributed by atoms with van der Waals surface area (Å²) in [5.41, 5.74) is 6.93. The molecule has 0 radical (unpaired) electrons. The first kappa shape index (κ1) is 12.7. The lowest BCUT2D eigenvalue weighted by molar-refractivity contribution is 0.641. The van der Waals surface area contributed by atoms with Crippen LogP contribution < -0.4 is 10.6 Å². The number of nitrogens with zero attached hydrogens (tertiary/aromatic N) is 2. The zero-order valence-corrected chi connectivity index (χ0v) is 11.6. The highest BCUT2D eigenvalue weighted by Gasteiger charge is 2.27. The molecular weight excluding hydrogens is 230 g/mol. The Kier molecular flexibility index (Phi) is 3.64. The van der Waals surface area contributed by atoms with Crippen molar-refractivity contribution < 1.29 is 0 Å². The lowest BCUT2D eigenvalue weighted by Crippen LogP contribution is -2.43. The molecular formula is C13H21N3S. The monoisotopic (exact) mass is 251 g/mol. The Bertz CT molecular complexity index is 373. The number of anilines is 1. The molecule has 1 aliphatic rings. The molecule has 2 N–H and O–H groups in total. The molecule has 0 aliphatic carbocycles. The van der Waals surface area contributed by atoms with Crippen LogP contribution in [0.25, 0.3) is 0 Å². The van der Waals surface area contributed by atoms with Crippen molar-refractivity contribution in [1.82, 2.24) is 4.98 Å². The number of pyridine rings is 1. The van der Waals surface area contributed by atoms with E-state index in [1.165, 1.54) is 5.75 Å². The molecule has 2 rings (SSSR count). The molecule has 4 heteroatoms. The van der Waals surface area contributed by atoms with Gasteiger partial charge < -0.3 is 10.6 Å². The van der Waals surface area contributed by atoms with Gasteiger partial charge in [0, 0.05) is 35.8 Å². The summed E-state index contributed by atoms with van der Waals surface area (Å²) in [4.78, 5) is 6.89. The van der Waals surface area contributed by atoms with Crippen molar-refractivity contribution in [2.75, 3.05) is 23.7 Å². The van der Waals surface area contributed by atoms with Gasteiger partial charge >= 0.3 is 0 Å². The highest BCUT2D eigenvalue weighted by molar-refractivity contribution is 8.00. The summed E-state index contributed by atoms with van der Waals surface area (Å²) in [5, 5.41) is 0. The molecule has 17 heavy (non-hydrogen) atoms. The minimum atomic E-state index is 0.0601. The predicted molar refractivity (Wildman–Crippen MR) is 75.6 cm³/mol. The average molecular weight is 251 g/mol. The first-order chi connectivity index (χ1) is 7.98. The molecule has 1 atom stereocenters. The molecule has 0 saturated carbocycles. The van der Waals surface area contributed by atoms with Gasteiger partial charge in [-0.15, -0.1) is 0 Å². The average Bonchev–Trinajstić information content (AvgIpc) is 2.28. The first-order valence-corrected chi connectivity index (χ1v) is 7.07. The van der Waals surface area contributed by atoms with Crippen LogP contribution in [-0.2, 0) is 0 Å². The van der Waals surface area contributed by atoms with Gasteiger partial charge in [0.05, 0.1) is 0 Å². The van der Waals surface area contributed by atoms with Crippen LogP contribution in [0.1, 0.15) is 32.4 Å². The fourth-order valence-electron chi connectivity index (χ4n) is 2.07. The quantitative estimate of drug-likeness (QED) is 0.876. The fourth-order valence-corrected chi connectivity index (χ4v) is 3.18. The molecule has 0 unspecified atom stereocenters. The van der Waals surface area contributed by atoms with Crippen molar-refractivity contribution in [3.8, 4) is 0 Å². The molecule has 0 bridgehead atoms. The van der Waals surface area contributed by atoms with Gasteiger partial charge in [0.1, 0.15) is 5.82 Å². The Hall–Kier alpha value is -0.740. The smallest absolute Gasteiger partial charge is 0.128 e. The van der Waals surface area contributed by atoms with E-state index < -0.39 is 0 Å². The minimum Gasteiger partial charge on any atom is -0.354 e. The highest BCUT2D eigenvalue weighted by atomic mass is 32.2. The van der Waals surface area contributed by atoms with Gasteiger partial charge in [-0.3, -0.25) is 0 Å².